The lowest BCUT2D eigenvalue weighted by atomic mass is 9.92. The summed E-state index contributed by atoms with van der Waals surface area (Å²) in [6.07, 6.45) is 2.85. The molecule has 1 aromatic carbocycles. The number of ketones is 1. The molecule has 0 radical (unpaired) electrons. The second-order valence-electron chi connectivity index (χ2n) is 3.96. The van der Waals surface area contributed by atoms with Crippen LogP contribution in [0.3, 0.4) is 0 Å². The second kappa shape index (κ2) is 3.89. The smallest absolute Gasteiger partial charge is 0.165 e. The zero-order chi connectivity index (χ0) is 10.8. The van der Waals surface area contributed by atoms with E-state index < -0.39 is 0 Å². The molecule has 0 amide bonds. The molecule has 15 heavy (non-hydrogen) atoms. The van der Waals surface area contributed by atoms with Gasteiger partial charge in [-0.05, 0) is 12.5 Å². The summed E-state index contributed by atoms with van der Waals surface area (Å²) in [4.78, 5) is 11.5. The number of ether oxygens (including phenoxy) is 1. The zero-order valence-electron chi connectivity index (χ0n) is 8.94. The van der Waals surface area contributed by atoms with Crippen molar-refractivity contribution >= 4 is 5.78 Å². The molecular weight excluding hydrogens is 188 g/mol. The number of hydrogen-bond donors (Lipinski definition) is 0. The lowest BCUT2D eigenvalue weighted by Crippen LogP contribution is -2.22. The van der Waals surface area contributed by atoms with Crippen LogP contribution in [0.4, 0.5) is 0 Å². The molecule has 0 saturated carbocycles. The van der Waals surface area contributed by atoms with Gasteiger partial charge in [0.1, 0.15) is 6.10 Å². The maximum atomic E-state index is 11.5. The lowest BCUT2D eigenvalue weighted by Gasteiger charge is -2.25. The van der Waals surface area contributed by atoms with Crippen molar-refractivity contribution in [2.24, 2.45) is 5.92 Å². The van der Waals surface area contributed by atoms with E-state index in [2.05, 4.69) is 0 Å². The van der Waals surface area contributed by atoms with Crippen LogP contribution in [0.25, 0.3) is 0 Å². The van der Waals surface area contributed by atoms with Crippen LogP contribution in [0.15, 0.2) is 36.6 Å². The molecule has 2 heteroatoms. The molecule has 2 nitrogen and oxygen atoms in total. The molecular formula is C13H14O2. The summed E-state index contributed by atoms with van der Waals surface area (Å²) in [5.41, 5.74) is 2.27. The van der Waals surface area contributed by atoms with Crippen molar-refractivity contribution in [2.75, 3.05) is 0 Å². The largest absolute Gasteiger partial charge is 0.492 e. The van der Waals surface area contributed by atoms with Crippen LogP contribution < -0.4 is 0 Å². The normalized spacial score (nSPS) is 25.1. The fourth-order valence-electron chi connectivity index (χ4n) is 1.73. The number of allylic oxidation sites excluding steroid dienone is 1. The van der Waals surface area contributed by atoms with Crippen molar-refractivity contribution in [2.45, 2.75) is 20.0 Å². The molecule has 0 N–H and O–H groups in total. The Kier molecular flexibility index (Phi) is 2.58. The minimum absolute atomic E-state index is 0.0993. The molecule has 0 saturated heterocycles. The Morgan fingerprint density at radius 1 is 1.20 bits per heavy atom. The Labute approximate surface area is 89.6 Å². The topological polar surface area (TPSA) is 26.3 Å². The summed E-state index contributed by atoms with van der Waals surface area (Å²) in [6.45, 7) is 3.94. The van der Waals surface area contributed by atoms with Gasteiger partial charge in [0, 0.05) is 6.08 Å². The Balaban J connectivity index is 2.27. The first-order valence-corrected chi connectivity index (χ1v) is 5.11. The monoisotopic (exact) mass is 202 g/mol. The van der Waals surface area contributed by atoms with E-state index in [9.17, 15) is 4.79 Å². The van der Waals surface area contributed by atoms with Gasteiger partial charge in [-0.2, -0.15) is 0 Å². The summed E-state index contributed by atoms with van der Waals surface area (Å²) in [7, 11) is 0. The van der Waals surface area contributed by atoms with Crippen LogP contribution >= 0.6 is 0 Å². The first kappa shape index (κ1) is 9.97. The van der Waals surface area contributed by atoms with Gasteiger partial charge in [0.2, 0.25) is 0 Å². The number of carbonyl (C=O) groups excluding carboxylic acids is 1. The van der Waals surface area contributed by atoms with E-state index in [1.165, 1.54) is 17.9 Å². The van der Waals surface area contributed by atoms with E-state index in [1.807, 2.05) is 38.1 Å². The van der Waals surface area contributed by atoms with Crippen molar-refractivity contribution in [3.63, 3.8) is 0 Å². The number of benzene rings is 1. The number of hydrogen-bond acceptors (Lipinski definition) is 2. The maximum Gasteiger partial charge on any atom is 0.165 e. The molecule has 0 bridgehead atoms. The highest BCUT2D eigenvalue weighted by molar-refractivity contribution is 5.92. The summed E-state index contributed by atoms with van der Waals surface area (Å²) < 4.78 is 5.49. The Hall–Kier alpha value is -1.57. The van der Waals surface area contributed by atoms with Gasteiger partial charge in [0.15, 0.2) is 5.78 Å². The third-order valence-electron chi connectivity index (χ3n) is 2.77. The number of rotatable bonds is 1. The van der Waals surface area contributed by atoms with Gasteiger partial charge in [-0.1, -0.05) is 36.8 Å². The standard InChI is InChI=1S/C13H14O2/c1-9-3-5-11(6-4-9)13-10(2)12(14)7-8-15-13/h3-8,10,13H,1-2H3/t10-,13+/m1/s1. The van der Waals surface area contributed by atoms with Crippen LogP contribution in [-0.4, -0.2) is 5.78 Å². The minimum atomic E-state index is -0.136. The molecule has 0 aliphatic carbocycles. The highest BCUT2D eigenvalue weighted by Gasteiger charge is 2.27. The van der Waals surface area contributed by atoms with Gasteiger partial charge < -0.3 is 4.74 Å². The highest BCUT2D eigenvalue weighted by atomic mass is 16.5. The van der Waals surface area contributed by atoms with Gasteiger partial charge in [0.05, 0.1) is 12.2 Å². The Morgan fingerprint density at radius 3 is 2.53 bits per heavy atom. The number of aryl methyl sites for hydroxylation is 1. The zero-order valence-corrected chi connectivity index (χ0v) is 8.94. The Bertz CT molecular complexity index is 390. The summed E-state index contributed by atoms with van der Waals surface area (Å²) in [6, 6.07) is 8.11. The predicted octanol–water partition coefficient (Wildman–Crippen LogP) is 2.79. The molecule has 1 aliphatic heterocycles. The molecule has 78 valence electrons. The third-order valence-corrected chi connectivity index (χ3v) is 2.77. The fraction of sp³-hybridized carbons (Fsp3) is 0.308. The minimum Gasteiger partial charge on any atom is -0.492 e. The van der Waals surface area contributed by atoms with E-state index >= 15 is 0 Å². The molecule has 0 spiro atoms. The van der Waals surface area contributed by atoms with Crippen molar-refractivity contribution in [3.05, 3.63) is 47.7 Å². The molecule has 1 aromatic rings. The van der Waals surface area contributed by atoms with Crippen LogP contribution in [0.1, 0.15) is 24.2 Å². The van der Waals surface area contributed by atoms with Crippen molar-refractivity contribution < 1.29 is 9.53 Å². The summed E-state index contributed by atoms with van der Waals surface area (Å²) in [5, 5.41) is 0. The first-order chi connectivity index (χ1) is 7.18. The fourth-order valence-corrected chi connectivity index (χ4v) is 1.73. The van der Waals surface area contributed by atoms with Crippen LogP contribution in [0.5, 0.6) is 0 Å². The summed E-state index contributed by atoms with van der Waals surface area (Å²) in [5.74, 6) is 0.0320. The van der Waals surface area contributed by atoms with Gasteiger partial charge in [-0.3, -0.25) is 4.79 Å². The molecule has 0 fully saturated rings. The van der Waals surface area contributed by atoms with Gasteiger partial charge in [0.25, 0.3) is 0 Å². The van der Waals surface area contributed by atoms with Crippen LogP contribution in [0.2, 0.25) is 0 Å². The Morgan fingerprint density at radius 2 is 1.87 bits per heavy atom. The van der Waals surface area contributed by atoms with E-state index in [0.717, 1.165) is 5.56 Å². The summed E-state index contributed by atoms with van der Waals surface area (Å²) >= 11 is 0. The predicted molar refractivity (Wildman–Crippen MR) is 58.3 cm³/mol. The van der Waals surface area contributed by atoms with Crippen LogP contribution in [-0.2, 0) is 9.53 Å². The molecule has 0 aromatic heterocycles. The van der Waals surface area contributed by atoms with Crippen molar-refractivity contribution in [1.29, 1.82) is 0 Å². The van der Waals surface area contributed by atoms with E-state index in [0.29, 0.717) is 0 Å². The molecule has 2 rings (SSSR count). The average molecular weight is 202 g/mol. The molecule has 0 unspecified atom stereocenters. The molecule has 1 heterocycles. The van der Waals surface area contributed by atoms with E-state index in [-0.39, 0.29) is 17.8 Å². The van der Waals surface area contributed by atoms with Crippen molar-refractivity contribution in [3.8, 4) is 0 Å². The first-order valence-electron chi connectivity index (χ1n) is 5.11. The lowest BCUT2D eigenvalue weighted by molar-refractivity contribution is -0.123. The van der Waals surface area contributed by atoms with Crippen molar-refractivity contribution in [1.82, 2.24) is 0 Å². The maximum absolute atomic E-state index is 11.5. The van der Waals surface area contributed by atoms with E-state index in [4.69, 9.17) is 4.74 Å². The van der Waals surface area contributed by atoms with E-state index in [1.54, 1.807) is 0 Å². The van der Waals surface area contributed by atoms with Gasteiger partial charge in [-0.25, -0.2) is 0 Å². The quantitative estimate of drug-likeness (QED) is 0.700. The van der Waals surface area contributed by atoms with Gasteiger partial charge in [-0.15, -0.1) is 0 Å². The highest BCUT2D eigenvalue weighted by Crippen LogP contribution is 2.30. The molecule has 2 atom stereocenters. The average Bonchev–Trinajstić information content (AvgIpc) is 2.24. The third kappa shape index (κ3) is 1.94. The van der Waals surface area contributed by atoms with Crippen LogP contribution in [0, 0.1) is 12.8 Å². The number of carbonyl (C=O) groups is 1. The SMILES string of the molecule is Cc1ccc([C@H]2OC=CC(=O)[C@H]2C)cc1. The molecule has 1 aliphatic rings. The second-order valence-corrected chi connectivity index (χ2v) is 3.96. The van der Waals surface area contributed by atoms with Gasteiger partial charge >= 0.3 is 0 Å².